The molecular weight excluding hydrogens is 308 g/mol. The average molecular weight is 326 g/mol. The van der Waals surface area contributed by atoms with E-state index in [1.54, 1.807) is 11.8 Å². The van der Waals surface area contributed by atoms with Crippen molar-refractivity contribution in [3.8, 4) is 0 Å². The van der Waals surface area contributed by atoms with Gasteiger partial charge in [-0.1, -0.05) is 18.2 Å². The summed E-state index contributed by atoms with van der Waals surface area (Å²) in [5, 5.41) is 8.90. The molecule has 1 aliphatic carbocycles. The minimum Gasteiger partial charge on any atom is -0.481 e. The van der Waals surface area contributed by atoms with Crippen LogP contribution in [0.2, 0.25) is 0 Å². The number of thioether (sulfide) groups is 1. The van der Waals surface area contributed by atoms with E-state index in [0.29, 0.717) is 12.8 Å². The van der Waals surface area contributed by atoms with Gasteiger partial charge >= 0.3 is 5.97 Å². The lowest BCUT2D eigenvalue weighted by atomic mass is 10.0. The predicted octanol–water partition coefficient (Wildman–Crippen LogP) is 2.55. The van der Waals surface area contributed by atoms with Gasteiger partial charge in [0.1, 0.15) is 0 Å². The lowest BCUT2D eigenvalue weighted by Crippen LogP contribution is -2.25. The van der Waals surface area contributed by atoms with Crippen molar-refractivity contribution in [1.82, 2.24) is 0 Å². The summed E-state index contributed by atoms with van der Waals surface area (Å²) in [4.78, 5) is 12.0. The number of hydrogen-bond acceptors (Lipinski definition) is 4. The highest BCUT2D eigenvalue weighted by molar-refractivity contribution is 7.99. The lowest BCUT2D eigenvalue weighted by molar-refractivity contribution is -0.138. The van der Waals surface area contributed by atoms with Crippen molar-refractivity contribution in [3.63, 3.8) is 0 Å². The van der Waals surface area contributed by atoms with E-state index in [0.717, 1.165) is 11.3 Å². The molecule has 2 aliphatic rings. The number of fused-ring (bicyclic) bond motifs is 1. The Bertz CT molecular complexity index is 662. The van der Waals surface area contributed by atoms with Gasteiger partial charge in [0.15, 0.2) is 9.84 Å². The maximum Gasteiger partial charge on any atom is 0.303 e. The van der Waals surface area contributed by atoms with E-state index in [1.165, 1.54) is 4.90 Å². The van der Waals surface area contributed by atoms with Gasteiger partial charge in [-0.15, -0.1) is 11.8 Å². The maximum absolute atomic E-state index is 12.4. The highest BCUT2D eigenvalue weighted by Gasteiger charge is 2.48. The summed E-state index contributed by atoms with van der Waals surface area (Å²) in [7, 11) is -3.23. The summed E-state index contributed by atoms with van der Waals surface area (Å²) >= 11 is 1.70. The molecule has 0 saturated heterocycles. The SMILES string of the molecule is O=C(O)CC1(CS(=O)(=O)CC2CSc3ccccc32)CC1. The molecule has 1 unspecified atom stereocenters. The summed E-state index contributed by atoms with van der Waals surface area (Å²) in [5.41, 5.74) is 0.629. The Labute approximate surface area is 128 Å². The second-order valence-corrected chi connectivity index (χ2v) is 9.34. The van der Waals surface area contributed by atoms with E-state index in [1.807, 2.05) is 24.3 Å². The van der Waals surface area contributed by atoms with Gasteiger partial charge < -0.3 is 5.11 Å². The van der Waals surface area contributed by atoms with E-state index in [4.69, 9.17) is 5.11 Å². The molecule has 4 nitrogen and oxygen atoms in total. The zero-order chi connectivity index (χ0) is 15.1. The summed E-state index contributed by atoms with van der Waals surface area (Å²) in [6, 6.07) is 7.94. The quantitative estimate of drug-likeness (QED) is 0.870. The molecule has 0 aromatic heterocycles. The minimum absolute atomic E-state index is 0.0234. The van der Waals surface area contributed by atoms with Crippen molar-refractivity contribution in [3.05, 3.63) is 29.8 Å². The molecule has 1 atom stereocenters. The van der Waals surface area contributed by atoms with E-state index in [2.05, 4.69) is 0 Å². The van der Waals surface area contributed by atoms with Crippen LogP contribution in [0.4, 0.5) is 0 Å². The predicted molar refractivity (Wildman–Crippen MR) is 82.5 cm³/mol. The minimum atomic E-state index is -3.23. The molecule has 1 aromatic rings. The molecule has 1 aliphatic heterocycles. The third-order valence-corrected chi connectivity index (χ3v) is 7.48. The van der Waals surface area contributed by atoms with Crippen molar-refractivity contribution in [2.45, 2.75) is 30.1 Å². The van der Waals surface area contributed by atoms with E-state index in [9.17, 15) is 13.2 Å². The number of carboxylic acids is 1. The zero-order valence-corrected chi connectivity index (χ0v) is 13.3. The number of aliphatic carboxylic acids is 1. The molecular formula is C15H18O4S2. The van der Waals surface area contributed by atoms with Crippen LogP contribution in [-0.4, -0.2) is 36.8 Å². The van der Waals surface area contributed by atoms with Crippen molar-refractivity contribution < 1.29 is 18.3 Å². The van der Waals surface area contributed by atoms with Gasteiger partial charge in [0.2, 0.25) is 0 Å². The summed E-state index contributed by atoms with van der Waals surface area (Å²) in [6.07, 6.45) is 1.41. The van der Waals surface area contributed by atoms with Crippen LogP contribution in [0.3, 0.4) is 0 Å². The van der Waals surface area contributed by atoms with Crippen LogP contribution in [-0.2, 0) is 14.6 Å². The maximum atomic E-state index is 12.4. The van der Waals surface area contributed by atoms with Crippen LogP contribution in [0.25, 0.3) is 0 Å². The Hall–Kier alpha value is -1.01. The van der Waals surface area contributed by atoms with Gasteiger partial charge in [-0.05, 0) is 29.9 Å². The smallest absolute Gasteiger partial charge is 0.303 e. The molecule has 1 fully saturated rings. The van der Waals surface area contributed by atoms with Crippen molar-refractivity contribution in [2.75, 3.05) is 17.3 Å². The van der Waals surface area contributed by atoms with E-state index < -0.39 is 21.2 Å². The number of sulfone groups is 1. The fourth-order valence-corrected chi connectivity index (χ4v) is 6.82. The lowest BCUT2D eigenvalue weighted by Gasteiger charge is -2.16. The number of benzene rings is 1. The summed E-state index contributed by atoms with van der Waals surface area (Å²) in [5.74, 6) is 0.0970. The van der Waals surface area contributed by atoms with Crippen molar-refractivity contribution in [1.29, 1.82) is 0 Å². The largest absolute Gasteiger partial charge is 0.481 e. The third-order valence-electron chi connectivity index (χ3n) is 4.26. The summed E-state index contributed by atoms with van der Waals surface area (Å²) < 4.78 is 24.9. The second kappa shape index (κ2) is 5.32. The fourth-order valence-electron chi connectivity index (χ4n) is 3.07. The van der Waals surface area contributed by atoms with Crippen LogP contribution < -0.4 is 0 Å². The topological polar surface area (TPSA) is 71.4 Å². The Morgan fingerprint density at radius 3 is 2.71 bits per heavy atom. The highest BCUT2D eigenvalue weighted by atomic mass is 32.2. The molecule has 0 amide bonds. The first-order valence-electron chi connectivity index (χ1n) is 7.03. The molecule has 6 heteroatoms. The Morgan fingerprint density at radius 2 is 2.05 bits per heavy atom. The van der Waals surface area contributed by atoms with Gasteiger partial charge in [0.05, 0.1) is 17.9 Å². The zero-order valence-electron chi connectivity index (χ0n) is 11.6. The Morgan fingerprint density at radius 1 is 1.33 bits per heavy atom. The van der Waals surface area contributed by atoms with Gasteiger partial charge in [-0.25, -0.2) is 8.42 Å². The molecule has 0 spiro atoms. The number of rotatable bonds is 6. The molecule has 1 N–H and O–H groups in total. The Balaban J connectivity index is 1.69. The average Bonchev–Trinajstić information content (AvgIpc) is 2.99. The molecule has 0 bridgehead atoms. The molecule has 3 rings (SSSR count). The highest BCUT2D eigenvalue weighted by Crippen LogP contribution is 2.50. The Kier molecular flexibility index (Phi) is 3.78. The van der Waals surface area contributed by atoms with Crippen molar-refractivity contribution in [2.24, 2.45) is 5.41 Å². The standard InChI is InChI=1S/C15H18O4S2/c16-14(17)7-15(5-6-15)10-21(18,19)9-11-8-20-13-4-2-1-3-12(11)13/h1-4,11H,5-10H2,(H,16,17). The van der Waals surface area contributed by atoms with Crippen LogP contribution in [0.5, 0.6) is 0 Å². The molecule has 1 heterocycles. The van der Waals surface area contributed by atoms with E-state index in [-0.39, 0.29) is 23.8 Å². The van der Waals surface area contributed by atoms with Gasteiger partial charge in [0, 0.05) is 16.6 Å². The summed E-state index contributed by atoms with van der Waals surface area (Å²) in [6.45, 7) is 0. The molecule has 0 radical (unpaired) electrons. The molecule has 114 valence electrons. The molecule has 1 saturated carbocycles. The normalized spacial score (nSPS) is 22.8. The monoisotopic (exact) mass is 326 g/mol. The first kappa shape index (κ1) is 14.9. The number of carbonyl (C=O) groups is 1. The number of hydrogen-bond donors (Lipinski definition) is 1. The van der Waals surface area contributed by atoms with E-state index >= 15 is 0 Å². The molecule has 1 aromatic carbocycles. The first-order valence-corrected chi connectivity index (χ1v) is 9.84. The number of carboxylic acid groups (broad SMARTS) is 1. The third kappa shape index (κ3) is 3.43. The van der Waals surface area contributed by atoms with Gasteiger partial charge in [-0.3, -0.25) is 4.79 Å². The van der Waals surface area contributed by atoms with Crippen LogP contribution in [0.1, 0.15) is 30.7 Å². The van der Waals surface area contributed by atoms with Crippen molar-refractivity contribution >= 4 is 27.6 Å². The fraction of sp³-hybridized carbons (Fsp3) is 0.533. The van der Waals surface area contributed by atoms with Gasteiger partial charge in [-0.2, -0.15) is 0 Å². The second-order valence-electron chi connectivity index (χ2n) is 6.17. The molecule has 21 heavy (non-hydrogen) atoms. The van der Waals surface area contributed by atoms with Gasteiger partial charge in [0.25, 0.3) is 0 Å². The first-order chi connectivity index (χ1) is 9.89. The van der Waals surface area contributed by atoms with Crippen LogP contribution in [0.15, 0.2) is 29.2 Å². The van der Waals surface area contributed by atoms with Crippen LogP contribution in [0, 0.1) is 5.41 Å². The van der Waals surface area contributed by atoms with Crippen LogP contribution >= 0.6 is 11.8 Å².